The quantitative estimate of drug-likeness (QED) is 0.414. The molecule has 3 rings (SSSR count). The first-order valence-corrected chi connectivity index (χ1v) is 12.0. The summed E-state index contributed by atoms with van der Waals surface area (Å²) in [6, 6.07) is 3.52. The number of hydrogen-bond acceptors (Lipinski definition) is 7. The molecule has 12 heteroatoms. The van der Waals surface area contributed by atoms with E-state index in [1.165, 1.54) is 29.2 Å². The number of nitrogens with two attached hydrogens (primary N) is 1. The highest BCUT2D eigenvalue weighted by molar-refractivity contribution is 8.00. The predicted octanol–water partition coefficient (Wildman–Crippen LogP) is 3.87. The molecule has 0 aliphatic heterocycles. The monoisotopic (exact) mass is 494 g/mol. The summed E-state index contributed by atoms with van der Waals surface area (Å²) in [6.07, 6.45) is 0.545. The van der Waals surface area contributed by atoms with Crippen LogP contribution in [0.1, 0.15) is 33.0 Å². The van der Waals surface area contributed by atoms with Crippen molar-refractivity contribution in [1.29, 1.82) is 0 Å². The van der Waals surface area contributed by atoms with Crippen LogP contribution in [0.3, 0.4) is 0 Å². The third kappa shape index (κ3) is 6.57. The van der Waals surface area contributed by atoms with E-state index in [2.05, 4.69) is 34.3 Å². The molecule has 3 N–H and O–H groups in total. The van der Waals surface area contributed by atoms with Crippen LogP contribution in [-0.2, 0) is 22.6 Å². The maximum Gasteiger partial charge on any atom is 0.239 e. The highest BCUT2D eigenvalue weighted by Gasteiger charge is 2.22. The van der Waals surface area contributed by atoms with E-state index in [9.17, 15) is 18.4 Å². The summed E-state index contributed by atoms with van der Waals surface area (Å²) in [5, 5.41) is 13.2. The largest absolute Gasteiger partial charge is 0.370 e. The molecule has 0 aliphatic rings. The molecular weight excluding hydrogens is 470 g/mol. The first-order chi connectivity index (χ1) is 15.6. The molecule has 0 fully saturated rings. The smallest absolute Gasteiger partial charge is 0.239 e. The van der Waals surface area contributed by atoms with Gasteiger partial charge in [-0.15, -0.1) is 21.5 Å². The Bertz CT molecular complexity index is 1150. The van der Waals surface area contributed by atoms with Crippen LogP contribution >= 0.6 is 23.1 Å². The lowest BCUT2D eigenvalue weighted by atomic mass is 10.2. The van der Waals surface area contributed by atoms with Gasteiger partial charge >= 0.3 is 0 Å². The maximum absolute atomic E-state index is 13.5. The van der Waals surface area contributed by atoms with Crippen molar-refractivity contribution < 1.29 is 18.4 Å². The second-order valence-corrected chi connectivity index (χ2v) is 9.95. The molecule has 0 saturated heterocycles. The Morgan fingerprint density at radius 2 is 1.97 bits per heavy atom. The number of aromatic nitrogens is 4. The molecule has 2 aromatic heterocycles. The summed E-state index contributed by atoms with van der Waals surface area (Å²) >= 11 is 2.43. The summed E-state index contributed by atoms with van der Waals surface area (Å²) in [7, 11) is 0. The van der Waals surface area contributed by atoms with Crippen LogP contribution in [0.4, 0.5) is 13.9 Å². The summed E-state index contributed by atoms with van der Waals surface area (Å²) in [5.41, 5.74) is 6.10. The third-order valence-electron chi connectivity index (χ3n) is 4.54. The lowest BCUT2D eigenvalue weighted by Gasteiger charge is -2.14. The summed E-state index contributed by atoms with van der Waals surface area (Å²) in [6.45, 7) is 6.48. The zero-order valence-electron chi connectivity index (χ0n) is 18.3. The number of thiazole rings is 1. The second-order valence-electron chi connectivity index (χ2n) is 7.79. The Hall–Kier alpha value is -2.86. The Balaban J connectivity index is 1.68. The van der Waals surface area contributed by atoms with Gasteiger partial charge < -0.3 is 15.6 Å². The number of rotatable bonds is 10. The average molecular weight is 495 g/mol. The molecular formula is C21H24F2N6O2S2. The zero-order valence-corrected chi connectivity index (χ0v) is 20.0. The van der Waals surface area contributed by atoms with Crippen LogP contribution in [0, 0.1) is 17.6 Å². The van der Waals surface area contributed by atoms with E-state index in [0.29, 0.717) is 46.3 Å². The highest BCUT2D eigenvalue weighted by atomic mass is 32.2. The van der Waals surface area contributed by atoms with Crippen LogP contribution in [0.5, 0.6) is 0 Å². The van der Waals surface area contributed by atoms with Gasteiger partial charge in [-0.2, -0.15) is 0 Å². The molecule has 1 atom stereocenters. The first kappa shape index (κ1) is 24.8. The summed E-state index contributed by atoms with van der Waals surface area (Å²) in [4.78, 5) is 28.2. The van der Waals surface area contributed by atoms with Gasteiger partial charge in [0.15, 0.2) is 21.9 Å². The standard InChI is InChI=1S/C21H24F2N6O2S2/c1-11(2)9-29-18(7-6-17(24)30)27-28-21(29)33-12(3)19(31)26-20-25-16(10-32-20)13-4-5-14(22)15(23)8-13/h4-5,8,10-12H,6-7,9H2,1-3H3,(H2,24,30)(H,25,26,31). The predicted molar refractivity (Wildman–Crippen MR) is 124 cm³/mol. The Kier molecular flexibility index (Phi) is 8.14. The van der Waals surface area contributed by atoms with E-state index in [1.807, 2.05) is 4.57 Å². The topological polar surface area (TPSA) is 116 Å². The van der Waals surface area contributed by atoms with Gasteiger partial charge in [0.05, 0.1) is 10.9 Å². The number of benzene rings is 1. The Morgan fingerprint density at radius 1 is 1.21 bits per heavy atom. The average Bonchev–Trinajstić information content (AvgIpc) is 3.35. The number of aryl methyl sites for hydroxylation is 1. The fourth-order valence-corrected chi connectivity index (χ4v) is 4.51. The number of nitrogens with one attached hydrogen (secondary N) is 1. The van der Waals surface area contributed by atoms with Gasteiger partial charge in [0.1, 0.15) is 5.82 Å². The van der Waals surface area contributed by atoms with E-state index in [-0.39, 0.29) is 12.3 Å². The van der Waals surface area contributed by atoms with E-state index in [1.54, 1.807) is 12.3 Å². The highest BCUT2D eigenvalue weighted by Crippen LogP contribution is 2.28. The second kappa shape index (κ2) is 10.8. The minimum absolute atomic E-state index is 0.168. The lowest BCUT2D eigenvalue weighted by molar-refractivity contribution is -0.118. The molecule has 176 valence electrons. The van der Waals surface area contributed by atoms with Crippen LogP contribution in [0.15, 0.2) is 28.7 Å². The van der Waals surface area contributed by atoms with E-state index in [4.69, 9.17) is 5.73 Å². The van der Waals surface area contributed by atoms with Gasteiger partial charge in [-0.25, -0.2) is 13.8 Å². The Morgan fingerprint density at radius 3 is 2.64 bits per heavy atom. The van der Waals surface area contributed by atoms with Crippen molar-refractivity contribution in [2.75, 3.05) is 5.32 Å². The summed E-state index contributed by atoms with van der Waals surface area (Å²) in [5.74, 6) is -1.64. The Labute approximate surface area is 198 Å². The minimum atomic E-state index is -0.961. The van der Waals surface area contributed by atoms with E-state index in [0.717, 1.165) is 12.1 Å². The van der Waals surface area contributed by atoms with Gasteiger partial charge in [0.2, 0.25) is 11.8 Å². The zero-order chi connectivity index (χ0) is 24.1. The fraction of sp³-hybridized carbons (Fsp3) is 0.381. The number of halogens is 2. The number of amides is 2. The van der Waals surface area contributed by atoms with Crippen molar-refractivity contribution in [3.63, 3.8) is 0 Å². The van der Waals surface area contributed by atoms with Crippen molar-refractivity contribution in [2.24, 2.45) is 11.7 Å². The van der Waals surface area contributed by atoms with Crippen molar-refractivity contribution in [3.05, 3.63) is 41.0 Å². The molecule has 1 unspecified atom stereocenters. The first-order valence-electron chi connectivity index (χ1n) is 10.2. The number of nitrogens with zero attached hydrogens (tertiary/aromatic N) is 4. The molecule has 3 aromatic rings. The fourth-order valence-electron chi connectivity index (χ4n) is 2.91. The number of hydrogen-bond donors (Lipinski definition) is 2. The van der Waals surface area contributed by atoms with Crippen molar-refractivity contribution in [2.45, 2.75) is 50.6 Å². The number of anilines is 1. The van der Waals surface area contributed by atoms with Crippen molar-refractivity contribution in [3.8, 4) is 11.3 Å². The van der Waals surface area contributed by atoms with Crippen LogP contribution < -0.4 is 11.1 Å². The molecule has 8 nitrogen and oxygen atoms in total. The van der Waals surface area contributed by atoms with Crippen LogP contribution in [-0.4, -0.2) is 36.8 Å². The van der Waals surface area contributed by atoms with Gasteiger partial charge in [0, 0.05) is 30.3 Å². The lowest BCUT2D eigenvalue weighted by Crippen LogP contribution is -2.23. The SMILES string of the molecule is CC(C)Cn1c(CCC(N)=O)nnc1SC(C)C(=O)Nc1nc(-c2ccc(F)c(F)c2)cs1. The number of carbonyl (C=O) groups excluding carboxylic acids is 2. The number of primary amides is 1. The van der Waals surface area contributed by atoms with Gasteiger partial charge in [-0.05, 0) is 31.0 Å². The van der Waals surface area contributed by atoms with Crippen LogP contribution in [0.2, 0.25) is 0 Å². The molecule has 1 aromatic carbocycles. The van der Waals surface area contributed by atoms with E-state index >= 15 is 0 Å². The molecule has 0 saturated carbocycles. The molecule has 0 radical (unpaired) electrons. The van der Waals surface area contributed by atoms with Crippen molar-refractivity contribution >= 4 is 40.0 Å². The van der Waals surface area contributed by atoms with Gasteiger partial charge in [-0.3, -0.25) is 9.59 Å². The third-order valence-corrected chi connectivity index (χ3v) is 6.38. The molecule has 0 bridgehead atoms. The maximum atomic E-state index is 13.5. The van der Waals surface area contributed by atoms with Crippen molar-refractivity contribution in [1.82, 2.24) is 19.7 Å². The molecule has 2 heterocycles. The van der Waals surface area contributed by atoms with Crippen LogP contribution in [0.25, 0.3) is 11.3 Å². The molecule has 2 amide bonds. The number of thioether (sulfide) groups is 1. The molecule has 0 spiro atoms. The van der Waals surface area contributed by atoms with Gasteiger partial charge in [-0.1, -0.05) is 25.6 Å². The number of carbonyl (C=O) groups is 2. The molecule has 0 aliphatic carbocycles. The van der Waals surface area contributed by atoms with E-state index < -0.39 is 22.8 Å². The summed E-state index contributed by atoms with van der Waals surface area (Å²) < 4.78 is 28.6. The molecule has 33 heavy (non-hydrogen) atoms. The normalized spacial score (nSPS) is 12.2. The van der Waals surface area contributed by atoms with Gasteiger partial charge in [0.25, 0.3) is 0 Å². The minimum Gasteiger partial charge on any atom is -0.370 e.